The van der Waals surface area contributed by atoms with Crippen molar-refractivity contribution >= 4 is 23.2 Å². The Morgan fingerprint density at radius 1 is 1.00 bits per heavy atom. The van der Waals surface area contributed by atoms with Crippen molar-refractivity contribution in [1.29, 1.82) is 0 Å². The molecule has 1 aromatic rings. The highest BCUT2D eigenvalue weighted by Gasteiger charge is 2.01. The van der Waals surface area contributed by atoms with E-state index in [1.165, 1.54) is 5.56 Å². The summed E-state index contributed by atoms with van der Waals surface area (Å²) in [6.07, 6.45) is 0. The van der Waals surface area contributed by atoms with Gasteiger partial charge < -0.3 is 0 Å². The molecule has 0 atom stereocenters. The highest BCUT2D eigenvalue weighted by molar-refractivity contribution is 6.34. The van der Waals surface area contributed by atoms with Crippen LogP contribution in [-0.2, 0) is 0 Å². The molecule has 0 radical (unpaired) electrons. The number of rotatable bonds is 1. The van der Waals surface area contributed by atoms with E-state index in [0.717, 1.165) is 0 Å². The SMILES string of the molecule is CC(C)c1cc(Cl)cc(Cl)c1. The molecule has 0 saturated carbocycles. The van der Waals surface area contributed by atoms with E-state index in [2.05, 4.69) is 13.8 Å². The maximum atomic E-state index is 5.81. The molecule has 60 valence electrons. The third kappa shape index (κ3) is 2.39. The van der Waals surface area contributed by atoms with Gasteiger partial charge in [0.1, 0.15) is 0 Å². The van der Waals surface area contributed by atoms with Gasteiger partial charge in [0, 0.05) is 10.0 Å². The minimum Gasteiger partial charge on any atom is -0.0843 e. The highest BCUT2D eigenvalue weighted by atomic mass is 35.5. The Morgan fingerprint density at radius 3 is 1.82 bits per heavy atom. The average molecular weight is 189 g/mol. The van der Waals surface area contributed by atoms with Crippen LogP contribution in [0.5, 0.6) is 0 Å². The first-order valence-corrected chi connectivity index (χ1v) is 4.31. The van der Waals surface area contributed by atoms with Crippen molar-refractivity contribution in [1.82, 2.24) is 0 Å². The molecule has 1 aromatic carbocycles. The minimum atomic E-state index is 0.478. The maximum Gasteiger partial charge on any atom is 0.0423 e. The number of halogens is 2. The summed E-state index contributed by atoms with van der Waals surface area (Å²) in [5, 5.41) is 1.42. The fourth-order valence-electron chi connectivity index (χ4n) is 0.908. The quantitative estimate of drug-likeness (QED) is 0.623. The summed E-state index contributed by atoms with van der Waals surface area (Å²) >= 11 is 11.6. The Bertz CT molecular complexity index is 233. The van der Waals surface area contributed by atoms with Gasteiger partial charge in [0.25, 0.3) is 0 Å². The second-order valence-corrected chi connectivity index (χ2v) is 3.73. The van der Waals surface area contributed by atoms with E-state index in [1.54, 1.807) is 6.07 Å². The van der Waals surface area contributed by atoms with Gasteiger partial charge >= 0.3 is 0 Å². The van der Waals surface area contributed by atoms with E-state index in [0.29, 0.717) is 16.0 Å². The normalized spacial score (nSPS) is 10.6. The van der Waals surface area contributed by atoms with Crippen LogP contribution >= 0.6 is 23.2 Å². The summed E-state index contributed by atoms with van der Waals surface area (Å²) in [5.41, 5.74) is 1.18. The second-order valence-electron chi connectivity index (χ2n) is 2.86. The van der Waals surface area contributed by atoms with Gasteiger partial charge in [0.05, 0.1) is 0 Å². The predicted octanol–water partition coefficient (Wildman–Crippen LogP) is 4.12. The van der Waals surface area contributed by atoms with Crippen LogP contribution in [0.25, 0.3) is 0 Å². The third-order valence-electron chi connectivity index (χ3n) is 1.55. The fourth-order valence-corrected chi connectivity index (χ4v) is 1.45. The smallest absolute Gasteiger partial charge is 0.0423 e. The lowest BCUT2D eigenvalue weighted by Crippen LogP contribution is -1.86. The molecule has 11 heavy (non-hydrogen) atoms. The van der Waals surface area contributed by atoms with Gasteiger partial charge in [0.15, 0.2) is 0 Å². The zero-order valence-corrected chi connectivity index (χ0v) is 8.08. The van der Waals surface area contributed by atoms with Crippen molar-refractivity contribution in [3.8, 4) is 0 Å². The topological polar surface area (TPSA) is 0 Å². The highest BCUT2D eigenvalue weighted by Crippen LogP contribution is 2.23. The molecule has 0 amide bonds. The average Bonchev–Trinajstić information content (AvgIpc) is 1.85. The first-order chi connectivity index (χ1) is 5.09. The van der Waals surface area contributed by atoms with E-state index in [9.17, 15) is 0 Å². The van der Waals surface area contributed by atoms with Crippen molar-refractivity contribution in [3.63, 3.8) is 0 Å². The second kappa shape index (κ2) is 3.46. The Balaban J connectivity index is 3.08. The molecular weight excluding hydrogens is 179 g/mol. The standard InChI is InChI=1S/C9H10Cl2/c1-6(2)7-3-8(10)5-9(11)4-7/h3-6H,1-2H3. The van der Waals surface area contributed by atoms with Crippen molar-refractivity contribution in [2.24, 2.45) is 0 Å². The number of hydrogen-bond donors (Lipinski definition) is 0. The maximum absolute atomic E-state index is 5.81. The van der Waals surface area contributed by atoms with Crippen LogP contribution in [0.3, 0.4) is 0 Å². The summed E-state index contributed by atoms with van der Waals surface area (Å²) in [7, 11) is 0. The molecule has 0 aliphatic rings. The third-order valence-corrected chi connectivity index (χ3v) is 1.99. The molecule has 0 unspecified atom stereocenters. The van der Waals surface area contributed by atoms with E-state index < -0.39 is 0 Å². The van der Waals surface area contributed by atoms with Crippen LogP contribution in [0.2, 0.25) is 10.0 Å². The Morgan fingerprint density at radius 2 is 1.45 bits per heavy atom. The first kappa shape index (κ1) is 8.89. The summed E-state index contributed by atoms with van der Waals surface area (Å²) in [6, 6.07) is 5.63. The van der Waals surface area contributed by atoms with E-state index in [1.807, 2.05) is 12.1 Å². The van der Waals surface area contributed by atoms with Crippen molar-refractivity contribution in [3.05, 3.63) is 33.8 Å². The number of hydrogen-bond acceptors (Lipinski definition) is 0. The minimum absolute atomic E-state index is 0.478. The van der Waals surface area contributed by atoms with Gasteiger partial charge in [-0.05, 0) is 29.7 Å². The Kier molecular flexibility index (Phi) is 2.80. The predicted molar refractivity (Wildman–Crippen MR) is 50.6 cm³/mol. The van der Waals surface area contributed by atoms with Gasteiger partial charge in [-0.2, -0.15) is 0 Å². The molecule has 0 saturated heterocycles. The first-order valence-electron chi connectivity index (χ1n) is 3.55. The fraction of sp³-hybridized carbons (Fsp3) is 0.333. The van der Waals surface area contributed by atoms with Gasteiger partial charge in [-0.15, -0.1) is 0 Å². The van der Waals surface area contributed by atoms with Gasteiger partial charge in [-0.25, -0.2) is 0 Å². The van der Waals surface area contributed by atoms with Crippen LogP contribution in [0, 0.1) is 0 Å². The number of benzene rings is 1. The van der Waals surface area contributed by atoms with Gasteiger partial charge in [0.2, 0.25) is 0 Å². The lowest BCUT2D eigenvalue weighted by Gasteiger charge is -2.05. The van der Waals surface area contributed by atoms with E-state index >= 15 is 0 Å². The van der Waals surface area contributed by atoms with E-state index in [-0.39, 0.29) is 0 Å². The van der Waals surface area contributed by atoms with Gasteiger partial charge in [-0.3, -0.25) is 0 Å². The molecule has 0 bridgehead atoms. The monoisotopic (exact) mass is 188 g/mol. The Hall–Kier alpha value is -0.200. The van der Waals surface area contributed by atoms with E-state index in [4.69, 9.17) is 23.2 Å². The van der Waals surface area contributed by atoms with Crippen molar-refractivity contribution < 1.29 is 0 Å². The van der Waals surface area contributed by atoms with Crippen LogP contribution < -0.4 is 0 Å². The lowest BCUT2D eigenvalue weighted by molar-refractivity contribution is 0.867. The summed E-state index contributed by atoms with van der Waals surface area (Å²) in [6.45, 7) is 4.23. The molecule has 0 aromatic heterocycles. The molecular formula is C9H10Cl2. The van der Waals surface area contributed by atoms with Crippen LogP contribution in [0.15, 0.2) is 18.2 Å². The molecule has 0 aliphatic carbocycles. The van der Waals surface area contributed by atoms with Crippen LogP contribution in [-0.4, -0.2) is 0 Å². The molecule has 0 fully saturated rings. The lowest BCUT2D eigenvalue weighted by atomic mass is 10.0. The zero-order chi connectivity index (χ0) is 8.43. The molecule has 2 heteroatoms. The molecule has 0 nitrogen and oxygen atoms in total. The summed E-state index contributed by atoms with van der Waals surface area (Å²) < 4.78 is 0. The van der Waals surface area contributed by atoms with Crippen LogP contribution in [0.1, 0.15) is 25.3 Å². The summed E-state index contributed by atoms with van der Waals surface area (Å²) in [4.78, 5) is 0. The summed E-state index contributed by atoms with van der Waals surface area (Å²) in [5.74, 6) is 0.478. The van der Waals surface area contributed by atoms with Crippen LogP contribution in [0.4, 0.5) is 0 Å². The molecule has 1 rings (SSSR count). The molecule has 0 spiro atoms. The molecule has 0 aliphatic heterocycles. The molecule has 0 heterocycles. The van der Waals surface area contributed by atoms with Crippen molar-refractivity contribution in [2.45, 2.75) is 19.8 Å². The molecule has 0 N–H and O–H groups in total. The Labute approximate surface area is 77.1 Å². The largest absolute Gasteiger partial charge is 0.0843 e. The zero-order valence-electron chi connectivity index (χ0n) is 6.57. The van der Waals surface area contributed by atoms with Crippen molar-refractivity contribution in [2.75, 3.05) is 0 Å². The van der Waals surface area contributed by atoms with Gasteiger partial charge in [-0.1, -0.05) is 37.0 Å².